The fourth-order valence-electron chi connectivity index (χ4n) is 10.1. The van der Waals surface area contributed by atoms with Crippen molar-refractivity contribution in [1.82, 2.24) is 0 Å². The van der Waals surface area contributed by atoms with E-state index in [9.17, 15) is 0 Å². The van der Waals surface area contributed by atoms with Gasteiger partial charge in [-0.15, -0.1) is 0 Å². The van der Waals surface area contributed by atoms with Gasteiger partial charge < -0.3 is 0 Å². The van der Waals surface area contributed by atoms with Crippen LogP contribution in [0.4, 0.5) is 0 Å². The van der Waals surface area contributed by atoms with E-state index in [0.717, 1.165) is 71.0 Å². The smallest absolute Gasteiger partial charge is 0.0211 e. The third-order valence-corrected chi connectivity index (χ3v) is 13.9. The first-order valence-electron chi connectivity index (χ1n) is 21.7. The van der Waals surface area contributed by atoms with Crippen LogP contribution in [0, 0.1) is 71.0 Å². The van der Waals surface area contributed by atoms with E-state index in [4.69, 9.17) is 0 Å². The van der Waals surface area contributed by atoms with Crippen LogP contribution in [0.1, 0.15) is 212 Å². The molecule has 0 aromatic rings. The monoisotopic (exact) mass is 643 g/mol. The molecule has 0 radical (unpaired) electrons. The van der Waals surface area contributed by atoms with Crippen LogP contribution in [-0.2, 0) is 0 Å². The average Bonchev–Trinajstić information content (AvgIpc) is 3.77. The van der Waals surface area contributed by atoms with Gasteiger partial charge in [-0.05, 0) is 123 Å². The molecular weight excluding hydrogens is 553 g/mol. The number of unbranched alkanes of at least 4 members (excludes halogenated alkanes) is 4. The third kappa shape index (κ3) is 16.0. The molecule has 0 aliphatic heterocycles. The maximum absolute atomic E-state index is 2.76. The summed E-state index contributed by atoms with van der Waals surface area (Å²) in [5, 5.41) is 0. The zero-order valence-electron chi connectivity index (χ0n) is 34.4. The van der Waals surface area contributed by atoms with E-state index in [1.54, 1.807) is 5.57 Å². The zero-order chi connectivity index (χ0) is 34.6. The topological polar surface area (TPSA) is 0 Å². The van der Waals surface area contributed by atoms with E-state index in [1.807, 2.05) is 0 Å². The number of allylic oxidation sites excluding steroid dienone is 2. The molecule has 0 nitrogen and oxygen atoms in total. The number of rotatable bonds is 29. The summed E-state index contributed by atoms with van der Waals surface area (Å²) in [5.41, 5.74) is 1.68. The fraction of sp³-hybridized carbons (Fsp3) is 0.957. The van der Waals surface area contributed by atoms with E-state index in [0.29, 0.717) is 0 Å². The van der Waals surface area contributed by atoms with Gasteiger partial charge in [0.1, 0.15) is 0 Å². The third-order valence-electron chi connectivity index (χ3n) is 13.9. The molecule has 0 spiro atoms. The van der Waals surface area contributed by atoms with Gasteiger partial charge in [0.2, 0.25) is 0 Å². The van der Waals surface area contributed by atoms with E-state index in [-0.39, 0.29) is 0 Å². The predicted octanol–water partition coefficient (Wildman–Crippen LogP) is 16.0. The summed E-state index contributed by atoms with van der Waals surface area (Å²) in [5.74, 6) is 10.5. The van der Waals surface area contributed by atoms with Crippen LogP contribution in [0.25, 0.3) is 0 Å². The Hall–Kier alpha value is -0.260. The lowest BCUT2D eigenvalue weighted by molar-refractivity contribution is 0.123. The number of hydrogen-bond acceptors (Lipinski definition) is 0. The molecule has 274 valence electrons. The lowest BCUT2D eigenvalue weighted by Crippen LogP contribution is -2.29. The second-order valence-corrected chi connectivity index (χ2v) is 17.5. The van der Waals surface area contributed by atoms with Crippen LogP contribution in [-0.4, -0.2) is 0 Å². The maximum atomic E-state index is 2.76. The van der Waals surface area contributed by atoms with Crippen molar-refractivity contribution >= 4 is 0 Å². The summed E-state index contributed by atoms with van der Waals surface area (Å²) in [6.45, 7) is 32.4. The molecule has 0 N–H and O–H groups in total. The van der Waals surface area contributed by atoms with Gasteiger partial charge in [-0.2, -0.15) is 0 Å². The van der Waals surface area contributed by atoms with Crippen LogP contribution < -0.4 is 0 Å². The van der Waals surface area contributed by atoms with E-state index >= 15 is 0 Å². The average molecular weight is 643 g/mol. The molecule has 1 rings (SSSR count). The molecule has 0 amide bonds. The van der Waals surface area contributed by atoms with Gasteiger partial charge in [0.15, 0.2) is 0 Å². The molecular formula is C46H90. The molecule has 1 saturated carbocycles. The second-order valence-electron chi connectivity index (χ2n) is 17.5. The van der Waals surface area contributed by atoms with Crippen molar-refractivity contribution in [2.75, 3.05) is 0 Å². The van der Waals surface area contributed by atoms with Crippen LogP contribution in [0.3, 0.4) is 0 Å². The largest absolute Gasteiger partial charge is 0.0822 e. The van der Waals surface area contributed by atoms with Gasteiger partial charge in [0.25, 0.3) is 0 Å². The van der Waals surface area contributed by atoms with Gasteiger partial charge in [-0.3, -0.25) is 0 Å². The summed E-state index contributed by atoms with van der Waals surface area (Å²) in [6.07, 6.45) is 29.6. The van der Waals surface area contributed by atoms with Crippen molar-refractivity contribution in [3.05, 3.63) is 11.6 Å². The highest BCUT2D eigenvalue weighted by Crippen LogP contribution is 2.47. The normalized spacial score (nSPS) is 22.5. The van der Waals surface area contributed by atoms with Gasteiger partial charge in [-0.1, -0.05) is 172 Å². The molecule has 0 aromatic carbocycles. The maximum Gasteiger partial charge on any atom is -0.0211 e. The lowest BCUT2D eigenvalue weighted by atomic mass is 9.68. The molecule has 1 fully saturated rings. The van der Waals surface area contributed by atoms with E-state index in [1.165, 1.54) is 122 Å². The van der Waals surface area contributed by atoms with Gasteiger partial charge >= 0.3 is 0 Å². The Kier molecular flexibility index (Phi) is 23.6. The summed E-state index contributed by atoms with van der Waals surface area (Å²) in [4.78, 5) is 0. The molecule has 0 saturated heterocycles. The van der Waals surface area contributed by atoms with E-state index < -0.39 is 0 Å². The first-order valence-corrected chi connectivity index (χ1v) is 21.7. The molecule has 10 unspecified atom stereocenters. The molecule has 1 aliphatic carbocycles. The summed E-state index contributed by atoms with van der Waals surface area (Å²) < 4.78 is 0. The highest BCUT2D eigenvalue weighted by atomic mass is 14.4. The zero-order valence-corrected chi connectivity index (χ0v) is 34.4. The quantitative estimate of drug-likeness (QED) is 0.0562. The molecule has 0 heteroatoms. The molecule has 0 heterocycles. The first-order chi connectivity index (χ1) is 22.0. The van der Waals surface area contributed by atoms with Crippen molar-refractivity contribution in [2.45, 2.75) is 212 Å². The summed E-state index contributed by atoms with van der Waals surface area (Å²) in [7, 11) is 0. The van der Waals surface area contributed by atoms with E-state index in [2.05, 4.69) is 96.1 Å². The predicted molar refractivity (Wildman–Crippen MR) is 211 cm³/mol. The highest BCUT2D eigenvalue weighted by Gasteiger charge is 2.37. The Morgan fingerprint density at radius 3 is 1.72 bits per heavy atom. The van der Waals surface area contributed by atoms with Gasteiger partial charge in [0.05, 0.1) is 0 Å². The van der Waals surface area contributed by atoms with Crippen LogP contribution >= 0.6 is 0 Å². The highest BCUT2D eigenvalue weighted by molar-refractivity contribution is 5.06. The first kappa shape index (κ1) is 43.8. The Morgan fingerprint density at radius 2 is 1.20 bits per heavy atom. The number of hydrogen-bond donors (Lipinski definition) is 0. The fourth-order valence-corrected chi connectivity index (χ4v) is 10.1. The molecule has 46 heavy (non-hydrogen) atoms. The molecule has 0 bridgehead atoms. The minimum Gasteiger partial charge on any atom is -0.0822 e. The van der Waals surface area contributed by atoms with Crippen molar-refractivity contribution in [3.63, 3.8) is 0 Å². The summed E-state index contributed by atoms with van der Waals surface area (Å²) >= 11 is 0. The lowest BCUT2D eigenvalue weighted by Gasteiger charge is -2.37. The standard InChI is InChI=1S/C46H90/c1-14-20-22-23-27-44(43(19-6)26-21-15-2)29-30-45(34(7)8)39(13)38(12)42(18-5)28-24-25-40(31-35(9)41(16-3)17-4)32-36(10)46-33-37(46)11/h31,34,36-46H,14-30,32-33H2,1-13H3. The van der Waals surface area contributed by atoms with Crippen molar-refractivity contribution in [1.29, 1.82) is 0 Å². The second kappa shape index (κ2) is 24.8. The Bertz CT molecular complexity index is 741. The van der Waals surface area contributed by atoms with Crippen LogP contribution in [0.2, 0.25) is 0 Å². The molecule has 1 aliphatic rings. The van der Waals surface area contributed by atoms with Crippen molar-refractivity contribution in [2.24, 2.45) is 71.0 Å². The van der Waals surface area contributed by atoms with Crippen molar-refractivity contribution < 1.29 is 0 Å². The Balaban J connectivity index is 2.90. The van der Waals surface area contributed by atoms with Crippen LogP contribution in [0.5, 0.6) is 0 Å². The summed E-state index contributed by atoms with van der Waals surface area (Å²) in [6, 6.07) is 0. The molecule has 0 aromatic heterocycles. The Morgan fingerprint density at radius 1 is 0.609 bits per heavy atom. The van der Waals surface area contributed by atoms with Gasteiger partial charge in [0, 0.05) is 0 Å². The van der Waals surface area contributed by atoms with Crippen LogP contribution in [0.15, 0.2) is 11.6 Å². The van der Waals surface area contributed by atoms with Gasteiger partial charge in [-0.25, -0.2) is 0 Å². The SMILES string of the molecule is CCCCCCC(CCC(C(C)C)C(C)C(C)C(CC)CCCC(C=C(C)C(CC)CC)CC(C)C1CC1C)C(CC)CCCC. The molecule has 10 atom stereocenters. The minimum absolute atomic E-state index is 0.782. The Labute approximate surface area is 293 Å². The van der Waals surface area contributed by atoms with Crippen molar-refractivity contribution in [3.8, 4) is 0 Å². The minimum atomic E-state index is 0.782.